The molecule has 0 atom stereocenters. The second kappa shape index (κ2) is 28.5. The van der Waals surface area contributed by atoms with Crippen molar-refractivity contribution in [3.05, 3.63) is 435 Å². The van der Waals surface area contributed by atoms with Crippen LogP contribution in [0.5, 0.6) is 0 Å². The molecule has 0 amide bonds. The van der Waals surface area contributed by atoms with Crippen LogP contribution in [0.25, 0.3) is 168 Å². The van der Waals surface area contributed by atoms with Crippen LogP contribution in [0.1, 0.15) is 22.3 Å². The Balaban J connectivity index is 0.829. The van der Waals surface area contributed by atoms with Gasteiger partial charge in [0.25, 0.3) is 0 Å². The molecule has 109 heavy (non-hydrogen) atoms. The first kappa shape index (κ1) is 65.3. The Labute approximate surface area is 634 Å². The number of nitrogens with zero attached hydrogens (tertiary/aromatic N) is 6. The number of hydrogen-bond donors (Lipinski definition) is 0. The number of benzene rings is 16. The fourth-order valence-corrected chi connectivity index (χ4v) is 15.7. The summed E-state index contributed by atoms with van der Waals surface area (Å²) in [5.74, 6) is 3.26. The zero-order valence-electron chi connectivity index (χ0n) is 59.4. The van der Waals surface area contributed by atoms with Gasteiger partial charge in [0, 0.05) is 33.4 Å². The van der Waals surface area contributed by atoms with Gasteiger partial charge in [0.05, 0.1) is 5.41 Å². The summed E-state index contributed by atoms with van der Waals surface area (Å²) in [5.41, 5.74) is 28.0. The third-order valence-electron chi connectivity index (χ3n) is 21.0. The lowest BCUT2D eigenvalue weighted by Crippen LogP contribution is -2.28. The molecule has 2 heterocycles. The fraction of sp³-hybridized carbons (Fsp3) is 0.00971. The maximum atomic E-state index is 5.65. The lowest BCUT2D eigenvalue weighted by atomic mass is 9.67. The molecule has 1 aliphatic carbocycles. The number of fused-ring (bicyclic) bond motifs is 3. The monoisotopic (exact) mass is 1390 g/mol. The molecule has 0 saturated heterocycles. The Morgan fingerprint density at radius 2 is 0.303 bits per heavy atom. The molecule has 6 nitrogen and oxygen atoms in total. The summed E-state index contributed by atoms with van der Waals surface area (Å²) in [6.45, 7) is 0. The van der Waals surface area contributed by atoms with E-state index in [9.17, 15) is 0 Å². The van der Waals surface area contributed by atoms with Gasteiger partial charge in [0.15, 0.2) is 34.9 Å². The van der Waals surface area contributed by atoms with Crippen molar-refractivity contribution in [2.75, 3.05) is 0 Å². The zero-order valence-corrected chi connectivity index (χ0v) is 59.4. The van der Waals surface area contributed by atoms with E-state index in [0.717, 1.165) is 156 Å². The van der Waals surface area contributed by atoms with E-state index in [1.165, 1.54) is 0 Å². The number of aromatic nitrogens is 6. The first-order chi connectivity index (χ1) is 53.9. The van der Waals surface area contributed by atoms with E-state index >= 15 is 0 Å². The van der Waals surface area contributed by atoms with Gasteiger partial charge in [-0.05, 0) is 207 Å². The van der Waals surface area contributed by atoms with E-state index < -0.39 is 5.41 Å². The minimum atomic E-state index is -0.900. The summed E-state index contributed by atoms with van der Waals surface area (Å²) in [6.07, 6.45) is 0. The topological polar surface area (TPSA) is 77.3 Å². The quantitative estimate of drug-likeness (QED) is 0.0959. The van der Waals surface area contributed by atoms with Crippen molar-refractivity contribution in [1.29, 1.82) is 0 Å². The van der Waals surface area contributed by atoms with E-state index in [-0.39, 0.29) is 0 Å². The molecule has 2 aromatic heterocycles. The average Bonchev–Trinajstić information content (AvgIpc) is 1.55. The molecule has 0 N–H and O–H groups in total. The number of rotatable bonds is 16. The molecule has 6 heteroatoms. The van der Waals surface area contributed by atoms with Crippen molar-refractivity contribution in [2.24, 2.45) is 0 Å². The average molecular weight is 1390 g/mol. The van der Waals surface area contributed by atoms with Crippen molar-refractivity contribution < 1.29 is 0 Å². The maximum absolute atomic E-state index is 5.65. The van der Waals surface area contributed by atoms with Gasteiger partial charge in [0.2, 0.25) is 0 Å². The molecule has 0 radical (unpaired) electrons. The van der Waals surface area contributed by atoms with Crippen molar-refractivity contribution in [2.45, 2.75) is 5.41 Å². The highest BCUT2D eigenvalue weighted by atomic mass is 15.0. The molecule has 18 aromatic rings. The molecule has 1 aliphatic rings. The Morgan fingerprint density at radius 3 is 0.523 bits per heavy atom. The summed E-state index contributed by atoms with van der Waals surface area (Å²) in [4.78, 5) is 33.8. The third-order valence-corrected chi connectivity index (χ3v) is 21.0. The van der Waals surface area contributed by atoms with Crippen molar-refractivity contribution in [3.8, 4) is 168 Å². The van der Waals surface area contributed by atoms with E-state index in [2.05, 4.69) is 413 Å². The van der Waals surface area contributed by atoms with Gasteiger partial charge in [-0.25, -0.2) is 29.9 Å². The van der Waals surface area contributed by atoms with Crippen molar-refractivity contribution in [1.82, 2.24) is 29.9 Å². The second-order valence-electron chi connectivity index (χ2n) is 27.7. The van der Waals surface area contributed by atoms with Crippen LogP contribution in [-0.2, 0) is 5.41 Å². The highest BCUT2D eigenvalue weighted by molar-refractivity contribution is 5.90. The normalized spacial score (nSPS) is 11.9. The summed E-state index contributed by atoms with van der Waals surface area (Å²) >= 11 is 0. The van der Waals surface area contributed by atoms with Gasteiger partial charge < -0.3 is 0 Å². The van der Waals surface area contributed by atoms with E-state index in [4.69, 9.17) is 29.9 Å². The first-order valence-corrected chi connectivity index (χ1v) is 36.9. The molecular weight excluding hydrogens is 1320 g/mol. The third kappa shape index (κ3) is 12.8. The lowest BCUT2D eigenvalue weighted by Gasteiger charge is -2.34. The van der Waals surface area contributed by atoms with E-state index in [1.807, 2.05) is 0 Å². The van der Waals surface area contributed by atoms with Gasteiger partial charge in [-0.1, -0.05) is 328 Å². The van der Waals surface area contributed by atoms with E-state index in [1.54, 1.807) is 0 Å². The molecule has 0 bridgehead atoms. The Hall–Kier alpha value is -14.5. The fourth-order valence-electron chi connectivity index (χ4n) is 15.7. The Kier molecular flexibility index (Phi) is 17.1. The molecule has 0 spiro atoms. The molecule has 0 aliphatic heterocycles. The van der Waals surface area contributed by atoms with E-state index in [0.29, 0.717) is 34.9 Å². The molecular formula is C103H68N6. The van der Waals surface area contributed by atoms with Crippen LogP contribution in [0.2, 0.25) is 0 Å². The zero-order chi connectivity index (χ0) is 72.5. The number of hydrogen-bond acceptors (Lipinski definition) is 6. The van der Waals surface area contributed by atoms with Crippen LogP contribution in [0.15, 0.2) is 413 Å². The summed E-state index contributed by atoms with van der Waals surface area (Å²) < 4.78 is 0. The first-order valence-electron chi connectivity index (χ1n) is 36.9. The highest BCUT2D eigenvalue weighted by Crippen LogP contribution is 2.57. The largest absolute Gasteiger partial charge is 0.208 e. The van der Waals surface area contributed by atoms with Crippen molar-refractivity contribution >= 4 is 0 Å². The molecule has 16 aromatic carbocycles. The van der Waals surface area contributed by atoms with Crippen LogP contribution in [0.4, 0.5) is 0 Å². The molecule has 510 valence electrons. The van der Waals surface area contributed by atoms with Gasteiger partial charge in [-0.2, -0.15) is 0 Å². The van der Waals surface area contributed by atoms with Gasteiger partial charge in [0.1, 0.15) is 0 Å². The van der Waals surface area contributed by atoms with Crippen LogP contribution < -0.4 is 0 Å². The standard InChI is InChI=1S/C103H68N6/c1-9-31-69(32-10-1)79-55-80(70-33-11-2-12-34-70)60-87(59-79)99-104-97(105-100(108-99)88-61-81(71-35-13-3-14-36-71)56-82(62-88)72-37-15-4-16-38-72)77-47-29-49-91(67-77)103(95-53-27-25-51-93(95)94-52-26-28-54-96(94)103)92-50-30-48-78(68-92)98-106-101(89-63-83(73-39-17-5-18-40-73)57-84(64-89)74-41-19-6-20-42-74)109-102(107-98)90-65-85(75-43-21-7-22-44-75)58-86(66-90)76-45-23-8-24-46-76/h1-68H. The highest BCUT2D eigenvalue weighted by Gasteiger charge is 2.46. The van der Waals surface area contributed by atoms with Crippen LogP contribution in [0, 0.1) is 0 Å². The van der Waals surface area contributed by atoms with Gasteiger partial charge >= 0.3 is 0 Å². The van der Waals surface area contributed by atoms with Crippen molar-refractivity contribution in [3.63, 3.8) is 0 Å². The summed E-state index contributed by atoms with van der Waals surface area (Å²) in [7, 11) is 0. The van der Waals surface area contributed by atoms with Gasteiger partial charge in [-0.15, -0.1) is 0 Å². The summed E-state index contributed by atoms with van der Waals surface area (Å²) in [5, 5.41) is 0. The molecule has 19 rings (SSSR count). The predicted octanol–water partition coefficient (Wildman–Crippen LogP) is 25.8. The Morgan fingerprint density at radius 1 is 0.128 bits per heavy atom. The SMILES string of the molecule is c1ccc(-c2cc(-c3ccccc3)cc(-c3nc(-c4cc(-c5ccccc5)cc(-c5ccccc5)c4)nc(-c4cccc(C5(c6cccc(-c7nc(-c8cc(-c9ccccc9)cc(-c9ccccc9)c8)nc(-c8cc(-c9ccccc9)cc(-c9ccccc9)c8)n7)c6)c6ccccc6-c6ccccc65)c4)n3)c2)cc1. The molecule has 0 unspecified atom stereocenters. The molecule has 0 saturated carbocycles. The van der Waals surface area contributed by atoms with Crippen LogP contribution in [0.3, 0.4) is 0 Å². The smallest absolute Gasteiger partial charge is 0.164 e. The maximum Gasteiger partial charge on any atom is 0.164 e. The summed E-state index contributed by atoms with van der Waals surface area (Å²) in [6, 6.07) is 147. The van der Waals surface area contributed by atoms with Gasteiger partial charge in [-0.3, -0.25) is 0 Å². The van der Waals surface area contributed by atoms with Crippen LogP contribution in [-0.4, -0.2) is 29.9 Å². The lowest BCUT2D eigenvalue weighted by molar-refractivity contribution is 0.768. The second-order valence-corrected chi connectivity index (χ2v) is 27.7. The minimum absolute atomic E-state index is 0.534. The van der Waals surface area contributed by atoms with Crippen LogP contribution >= 0.6 is 0 Å². The Bertz CT molecular complexity index is 5460. The predicted molar refractivity (Wildman–Crippen MR) is 447 cm³/mol. The minimum Gasteiger partial charge on any atom is -0.208 e. The molecule has 0 fully saturated rings.